The van der Waals surface area contributed by atoms with E-state index in [0.29, 0.717) is 47.1 Å². The Hall–Kier alpha value is -4.35. The molecule has 0 radical (unpaired) electrons. The molecule has 5 rings (SSSR count). The number of nitrogen functional groups attached to an aromatic ring is 1. The molecule has 11 heteroatoms. The molecule has 0 saturated carbocycles. The lowest BCUT2D eigenvalue weighted by atomic mass is 10.1. The molecule has 1 unspecified atom stereocenters. The van der Waals surface area contributed by atoms with Crippen molar-refractivity contribution in [1.29, 1.82) is 0 Å². The van der Waals surface area contributed by atoms with E-state index in [0.717, 1.165) is 24.3 Å². The molecule has 1 saturated heterocycles. The summed E-state index contributed by atoms with van der Waals surface area (Å²) in [5, 5.41) is 3.35. The summed E-state index contributed by atoms with van der Waals surface area (Å²) in [6.07, 6.45) is 1.62. The number of anilines is 2. The van der Waals surface area contributed by atoms with Crippen molar-refractivity contribution < 1.29 is 14.3 Å². The van der Waals surface area contributed by atoms with Crippen LogP contribution in [-0.4, -0.2) is 78.2 Å². The molecular weight excluding hydrogens is 484 g/mol. The van der Waals surface area contributed by atoms with Crippen molar-refractivity contribution >= 4 is 28.7 Å². The standard InChI is InChI=1S/C27H30N8O3/c1-34(18-7-5-4-6-8-18)26(36)24(35-13-11-29-12-14-35)22-23-25(33-27(28)32-22)30-16-19(31-23)17-9-10-20(37-2)21(15-17)38-3/h4-10,15-16,24,29H,11-14H2,1-3H3,(H2,28,30,32,33). The van der Waals surface area contributed by atoms with E-state index in [4.69, 9.17) is 20.2 Å². The Balaban J connectivity index is 1.65. The zero-order chi connectivity index (χ0) is 26.6. The number of carbonyl (C=O) groups excluding carboxylic acids is 1. The number of benzene rings is 2. The Labute approximate surface area is 220 Å². The average molecular weight is 515 g/mol. The zero-order valence-corrected chi connectivity index (χ0v) is 21.6. The molecule has 0 spiro atoms. The summed E-state index contributed by atoms with van der Waals surface area (Å²) in [7, 11) is 4.93. The van der Waals surface area contributed by atoms with Gasteiger partial charge in [-0.15, -0.1) is 0 Å². The van der Waals surface area contributed by atoms with Crippen molar-refractivity contribution in [2.45, 2.75) is 6.04 Å². The number of nitrogens with one attached hydrogen (secondary N) is 1. The molecule has 3 heterocycles. The molecule has 196 valence electrons. The Morgan fingerprint density at radius 2 is 1.76 bits per heavy atom. The maximum atomic E-state index is 14.1. The number of nitrogens with zero attached hydrogens (tertiary/aromatic N) is 6. The molecule has 1 aliphatic rings. The van der Waals surface area contributed by atoms with Gasteiger partial charge < -0.3 is 25.4 Å². The van der Waals surface area contributed by atoms with Crippen molar-refractivity contribution in [2.24, 2.45) is 0 Å². The SMILES string of the molecule is COc1ccc(-c2cnc3nc(N)nc(C(C(=O)N(C)c4ccccc4)N4CCNCC4)c3n2)cc1OC. The van der Waals surface area contributed by atoms with Crippen molar-refractivity contribution in [1.82, 2.24) is 30.2 Å². The molecule has 0 aliphatic carbocycles. The predicted molar refractivity (Wildman–Crippen MR) is 145 cm³/mol. The van der Waals surface area contributed by atoms with Gasteiger partial charge in [0, 0.05) is 44.5 Å². The zero-order valence-electron chi connectivity index (χ0n) is 21.6. The van der Waals surface area contributed by atoms with E-state index in [1.165, 1.54) is 0 Å². The van der Waals surface area contributed by atoms with Crippen LogP contribution in [-0.2, 0) is 4.79 Å². The number of ether oxygens (including phenoxy) is 2. The fourth-order valence-corrected chi connectivity index (χ4v) is 4.62. The van der Waals surface area contributed by atoms with Gasteiger partial charge in [0.25, 0.3) is 0 Å². The lowest BCUT2D eigenvalue weighted by Crippen LogP contribution is -2.50. The smallest absolute Gasteiger partial charge is 0.250 e. The molecule has 1 aliphatic heterocycles. The van der Waals surface area contributed by atoms with E-state index in [9.17, 15) is 4.79 Å². The van der Waals surface area contributed by atoms with Gasteiger partial charge in [-0.3, -0.25) is 9.69 Å². The second-order valence-corrected chi connectivity index (χ2v) is 8.89. The largest absolute Gasteiger partial charge is 0.493 e. The number of fused-ring (bicyclic) bond motifs is 1. The van der Waals surface area contributed by atoms with Crippen LogP contribution in [0.25, 0.3) is 22.4 Å². The molecule has 1 atom stereocenters. The summed E-state index contributed by atoms with van der Waals surface area (Å²) in [5.74, 6) is 1.07. The third kappa shape index (κ3) is 4.93. The van der Waals surface area contributed by atoms with E-state index in [2.05, 4.69) is 25.2 Å². The lowest BCUT2D eigenvalue weighted by Gasteiger charge is -2.35. The van der Waals surface area contributed by atoms with Gasteiger partial charge in [0.1, 0.15) is 17.3 Å². The second kappa shape index (κ2) is 11.0. The van der Waals surface area contributed by atoms with Crippen molar-refractivity contribution in [2.75, 3.05) is 58.1 Å². The monoisotopic (exact) mass is 514 g/mol. The van der Waals surface area contributed by atoms with Crippen LogP contribution in [0.15, 0.2) is 54.7 Å². The molecule has 1 amide bonds. The van der Waals surface area contributed by atoms with Crippen LogP contribution in [0.4, 0.5) is 11.6 Å². The third-order valence-electron chi connectivity index (χ3n) is 6.61. The summed E-state index contributed by atoms with van der Waals surface area (Å²) in [6, 6.07) is 14.3. The van der Waals surface area contributed by atoms with Crippen LogP contribution in [0.1, 0.15) is 11.7 Å². The van der Waals surface area contributed by atoms with Gasteiger partial charge in [-0.1, -0.05) is 18.2 Å². The molecule has 38 heavy (non-hydrogen) atoms. The molecule has 3 N–H and O–H groups in total. The molecule has 2 aromatic carbocycles. The van der Waals surface area contributed by atoms with Crippen LogP contribution in [0.2, 0.25) is 0 Å². The van der Waals surface area contributed by atoms with Gasteiger partial charge in [-0.05, 0) is 30.3 Å². The van der Waals surface area contributed by atoms with Crippen molar-refractivity contribution in [3.63, 3.8) is 0 Å². The number of carbonyl (C=O) groups is 1. The highest BCUT2D eigenvalue weighted by Gasteiger charge is 2.35. The topological polar surface area (TPSA) is 132 Å². The van der Waals surface area contributed by atoms with Gasteiger partial charge in [-0.2, -0.15) is 4.98 Å². The summed E-state index contributed by atoms with van der Waals surface area (Å²) in [4.78, 5) is 36.2. The van der Waals surface area contributed by atoms with E-state index >= 15 is 0 Å². The van der Waals surface area contributed by atoms with Crippen molar-refractivity contribution in [3.05, 3.63) is 60.4 Å². The fraction of sp³-hybridized carbons (Fsp3) is 0.296. The average Bonchev–Trinajstić information content (AvgIpc) is 2.97. The number of hydrogen-bond acceptors (Lipinski definition) is 10. The predicted octanol–water partition coefficient (Wildman–Crippen LogP) is 2.30. The van der Waals surface area contributed by atoms with Crippen molar-refractivity contribution in [3.8, 4) is 22.8 Å². The number of methoxy groups -OCH3 is 2. The number of rotatable bonds is 7. The number of aromatic nitrogens is 4. The van der Waals surface area contributed by atoms with Crippen LogP contribution in [0.3, 0.4) is 0 Å². The van der Waals surface area contributed by atoms with E-state index in [-0.39, 0.29) is 11.9 Å². The molecule has 1 fully saturated rings. The second-order valence-electron chi connectivity index (χ2n) is 8.89. The quantitative estimate of drug-likeness (QED) is 0.379. The highest BCUT2D eigenvalue weighted by Crippen LogP contribution is 2.33. The van der Waals surface area contributed by atoms with Gasteiger partial charge in [0.05, 0.1) is 26.1 Å². The summed E-state index contributed by atoms with van der Waals surface area (Å²) < 4.78 is 10.8. The van der Waals surface area contributed by atoms with Crippen LogP contribution in [0.5, 0.6) is 11.5 Å². The molecule has 2 aromatic heterocycles. The van der Waals surface area contributed by atoms with E-state index in [1.807, 2.05) is 48.5 Å². The van der Waals surface area contributed by atoms with Gasteiger partial charge in [-0.25, -0.2) is 15.0 Å². The van der Waals surface area contributed by atoms with Gasteiger partial charge >= 0.3 is 0 Å². The molecular formula is C27H30N8O3. The number of para-hydroxylation sites is 1. The van der Waals surface area contributed by atoms with E-state index in [1.54, 1.807) is 32.4 Å². The summed E-state index contributed by atoms with van der Waals surface area (Å²) in [6.45, 7) is 2.82. The number of piperazine rings is 1. The van der Waals surface area contributed by atoms with Gasteiger partial charge in [0.15, 0.2) is 17.1 Å². The first-order valence-corrected chi connectivity index (χ1v) is 12.3. The van der Waals surface area contributed by atoms with Crippen LogP contribution < -0.4 is 25.4 Å². The number of nitrogens with two attached hydrogens (primary N) is 1. The highest BCUT2D eigenvalue weighted by molar-refractivity contribution is 5.99. The number of hydrogen-bond donors (Lipinski definition) is 2. The first-order valence-electron chi connectivity index (χ1n) is 12.3. The Kier molecular flexibility index (Phi) is 7.29. The lowest BCUT2D eigenvalue weighted by molar-refractivity contribution is -0.124. The fourth-order valence-electron chi connectivity index (χ4n) is 4.62. The normalized spacial score (nSPS) is 14.7. The molecule has 0 bridgehead atoms. The maximum absolute atomic E-state index is 14.1. The Morgan fingerprint density at radius 1 is 1.03 bits per heavy atom. The first-order chi connectivity index (χ1) is 18.5. The Morgan fingerprint density at radius 3 is 2.47 bits per heavy atom. The van der Waals surface area contributed by atoms with E-state index < -0.39 is 6.04 Å². The minimum absolute atomic E-state index is 0.0379. The molecule has 4 aromatic rings. The minimum atomic E-state index is -0.731. The minimum Gasteiger partial charge on any atom is -0.493 e. The van der Waals surface area contributed by atoms with Gasteiger partial charge in [0.2, 0.25) is 11.9 Å². The molecule has 11 nitrogen and oxygen atoms in total. The van der Waals surface area contributed by atoms with Crippen LogP contribution in [0, 0.1) is 0 Å². The summed E-state index contributed by atoms with van der Waals surface area (Å²) >= 11 is 0. The summed E-state index contributed by atoms with van der Waals surface area (Å²) in [5.41, 5.74) is 9.43. The number of likely N-dealkylation sites (N-methyl/N-ethyl adjacent to an activating group) is 1. The number of amides is 1. The highest BCUT2D eigenvalue weighted by atomic mass is 16.5. The van der Waals surface area contributed by atoms with Crippen LogP contribution >= 0.6 is 0 Å². The third-order valence-corrected chi connectivity index (χ3v) is 6.61. The Bertz CT molecular complexity index is 1440. The maximum Gasteiger partial charge on any atom is 0.250 e. The first kappa shape index (κ1) is 25.3.